The summed E-state index contributed by atoms with van der Waals surface area (Å²) in [5, 5.41) is 3.01. The molecule has 142 valence electrons. The molecular weight excluding hydrogens is 328 g/mol. The molecule has 1 N–H and O–H groups in total. The molecule has 1 aromatic rings. The highest BCUT2D eigenvalue weighted by Crippen LogP contribution is 2.29. The van der Waals surface area contributed by atoms with Gasteiger partial charge in [0.05, 0.1) is 12.0 Å². The van der Waals surface area contributed by atoms with E-state index in [1.165, 1.54) is 12.8 Å². The van der Waals surface area contributed by atoms with Crippen LogP contribution >= 0.6 is 0 Å². The molecule has 1 aliphatic carbocycles. The predicted octanol–water partition coefficient (Wildman–Crippen LogP) is 2.92. The highest BCUT2D eigenvalue weighted by atomic mass is 16.5. The van der Waals surface area contributed by atoms with E-state index < -0.39 is 0 Å². The van der Waals surface area contributed by atoms with Crippen molar-refractivity contribution in [3.63, 3.8) is 0 Å². The van der Waals surface area contributed by atoms with Crippen LogP contribution in [0.3, 0.4) is 0 Å². The maximum atomic E-state index is 12.4. The Hall–Kier alpha value is -2.04. The van der Waals surface area contributed by atoms with Gasteiger partial charge >= 0.3 is 0 Å². The number of carbonyl (C=O) groups excluding carboxylic acids is 2. The number of likely N-dealkylation sites (tertiary alicyclic amines) is 1. The first-order chi connectivity index (χ1) is 12.5. The summed E-state index contributed by atoms with van der Waals surface area (Å²) >= 11 is 0. The van der Waals surface area contributed by atoms with Gasteiger partial charge in [-0.15, -0.1) is 0 Å². The van der Waals surface area contributed by atoms with Crippen LogP contribution in [-0.4, -0.2) is 41.9 Å². The third kappa shape index (κ3) is 4.77. The van der Waals surface area contributed by atoms with E-state index in [9.17, 15) is 9.59 Å². The molecule has 26 heavy (non-hydrogen) atoms. The smallest absolute Gasteiger partial charge is 0.225 e. The minimum atomic E-state index is -0.196. The normalized spacial score (nSPS) is 20.8. The third-order valence-electron chi connectivity index (χ3n) is 5.28. The van der Waals surface area contributed by atoms with Crippen LogP contribution in [0.15, 0.2) is 24.3 Å². The minimum Gasteiger partial charge on any atom is -0.491 e. The first kappa shape index (κ1) is 18.7. The first-order valence-corrected chi connectivity index (χ1v) is 9.85. The van der Waals surface area contributed by atoms with E-state index in [1.54, 1.807) is 0 Å². The van der Waals surface area contributed by atoms with E-state index in [-0.39, 0.29) is 23.8 Å². The van der Waals surface area contributed by atoms with Crippen LogP contribution in [0.1, 0.15) is 51.5 Å². The topological polar surface area (TPSA) is 58.6 Å². The minimum absolute atomic E-state index is 0.00781. The van der Waals surface area contributed by atoms with Gasteiger partial charge in [0, 0.05) is 25.6 Å². The highest BCUT2D eigenvalue weighted by molar-refractivity contribution is 5.89. The molecular formula is C21H30N2O3. The fourth-order valence-corrected chi connectivity index (χ4v) is 4.00. The van der Waals surface area contributed by atoms with Crippen LogP contribution in [0.4, 0.5) is 0 Å². The molecule has 0 radical (unpaired) electrons. The van der Waals surface area contributed by atoms with E-state index in [1.807, 2.05) is 43.0 Å². The second-order valence-corrected chi connectivity index (χ2v) is 7.74. The van der Waals surface area contributed by atoms with Crippen molar-refractivity contribution >= 4 is 11.8 Å². The van der Waals surface area contributed by atoms with Gasteiger partial charge in [-0.25, -0.2) is 0 Å². The summed E-state index contributed by atoms with van der Waals surface area (Å²) in [5.41, 5.74) is 1.14. The predicted molar refractivity (Wildman–Crippen MR) is 101 cm³/mol. The lowest BCUT2D eigenvalue weighted by Crippen LogP contribution is -2.37. The Labute approximate surface area is 156 Å². The second kappa shape index (κ2) is 8.56. The average molecular weight is 358 g/mol. The first-order valence-electron chi connectivity index (χ1n) is 9.85. The van der Waals surface area contributed by atoms with Crippen molar-refractivity contribution in [3.8, 4) is 5.75 Å². The summed E-state index contributed by atoms with van der Waals surface area (Å²) in [4.78, 5) is 26.6. The van der Waals surface area contributed by atoms with Gasteiger partial charge in [-0.05, 0) is 50.8 Å². The Morgan fingerprint density at radius 3 is 2.81 bits per heavy atom. The zero-order valence-electron chi connectivity index (χ0n) is 15.9. The van der Waals surface area contributed by atoms with Gasteiger partial charge in [-0.3, -0.25) is 9.59 Å². The maximum absolute atomic E-state index is 12.4. The molecule has 1 aliphatic heterocycles. The van der Waals surface area contributed by atoms with Crippen molar-refractivity contribution < 1.29 is 14.3 Å². The Bertz CT molecular complexity index is 638. The van der Waals surface area contributed by atoms with Gasteiger partial charge in [0.1, 0.15) is 5.75 Å². The molecule has 3 rings (SSSR count). The van der Waals surface area contributed by atoms with Crippen LogP contribution in [0.5, 0.6) is 5.75 Å². The van der Waals surface area contributed by atoms with Crippen molar-refractivity contribution in [2.75, 3.05) is 13.1 Å². The standard InChI is InChI=1S/C21H30N2O3/c1-15(2)26-19-9-5-6-16(12-19)10-11-22-21(25)17-13-20(24)23(14-17)18-7-3-4-8-18/h5-6,9,12,15,17-18H,3-4,7-8,10-11,13-14H2,1-2H3,(H,22,25)/t17-/m0/s1. The lowest BCUT2D eigenvalue weighted by molar-refractivity contribution is -0.130. The molecule has 0 unspecified atom stereocenters. The summed E-state index contributed by atoms with van der Waals surface area (Å²) in [6.07, 6.45) is 5.85. The molecule has 0 spiro atoms. The molecule has 2 fully saturated rings. The molecule has 0 bridgehead atoms. The molecule has 5 nitrogen and oxygen atoms in total. The summed E-state index contributed by atoms with van der Waals surface area (Å²) < 4.78 is 5.71. The van der Waals surface area contributed by atoms with Gasteiger partial charge in [0.2, 0.25) is 11.8 Å². The van der Waals surface area contributed by atoms with Crippen molar-refractivity contribution in [2.24, 2.45) is 5.92 Å². The fraction of sp³-hybridized carbons (Fsp3) is 0.619. The molecule has 5 heteroatoms. The number of hydrogen-bond donors (Lipinski definition) is 1. The average Bonchev–Trinajstić information content (AvgIpc) is 3.23. The maximum Gasteiger partial charge on any atom is 0.225 e. The molecule has 2 amide bonds. The third-order valence-corrected chi connectivity index (χ3v) is 5.28. The molecule has 0 aromatic heterocycles. The lowest BCUT2D eigenvalue weighted by Gasteiger charge is -2.23. The van der Waals surface area contributed by atoms with E-state index in [4.69, 9.17) is 4.74 Å². The Morgan fingerprint density at radius 1 is 1.31 bits per heavy atom. The van der Waals surface area contributed by atoms with Crippen molar-refractivity contribution in [1.29, 1.82) is 0 Å². The van der Waals surface area contributed by atoms with Crippen LogP contribution in [0.2, 0.25) is 0 Å². The number of hydrogen-bond acceptors (Lipinski definition) is 3. The number of ether oxygens (including phenoxy) is 1. The van der Waals surface area contributed by atoms with E-state index >= 15 is 0 Å². The fourth-order valence-electron chi connectivity index (χ4n) is 4.00. The van der Waals surface area contributed by atoms with Gasteiger partial charge in [0.25, 0.3) is 0 Å². The molecule has 1 heterocycles. The lowest BCUT2D eigenvalue weighted by atomic mass is 10.1. The van der Waals surface area contributed by atoms with Gasteiger partial charge in [-0.1, -0.05) is 25.0 Å². The van der Waals surface area contributed by atoms with Gasteiger partial charge in [-0.2, -0.15) is 0 Å². The second-order valence-electron chi connectivity index (χ2n) is 7.74. The molecule has 1 saturated carbocycles. The number of nitrogens with one attached hydrogen (secondary N) is 1. The van der Waals surface area contributed by atoms with Crippen molar-refractivity contribution in [1.82, 2.24) is 10.2 Å². The van der Waals surface area contributed by atoms with Crippen molar-refractivity contribution in [2.45, 2.75) is 64.5 Å². The van der Waals surface area contributed by atoms with Crippen LogP contribution in [-0.2, 0) is 16.0 Å². The monoisotopic (exact) mass is 358 g/mol. The van der Waals surface area contributed by atoms with Gasteiger partial charge in [0.15, 0.2) is 0 Å². The molecule has 2 aliphatic rings. The van der Waals surface area contributed by atoms with E-state index in [0.29, 0.717) is 25.6 Å². The summed E-state index contributed by atoms with van der Waals surface area (Å²) in [5.74, 6) is 0.820. The molecule has 1 aromatic carbocycles. The van der Waals surface area contributed by atoms with E-state index in [2.05, 4.69) is 5.32 Å². The largest absolute Gasteiger partial charge is 0.491 e. The van der Waals surface area contributed by atoms with Gasteiger partial charge < -0.3 is 15.0 Å². The van der Waals surface area contributed by atoms with Crippen LogP contribution in [0.25, 0.3) is 0 Å². The zero-order valence-corrected chi connectivity index (χ0v) is 15.9. The SMILES string of the molecule is CC(C)Oc1cccc(CCNC(=O)[C@H]2CC(=O)N(C3CCCC3)C2)c1. The summed E-state index contributed by atoms with van der Waals surface area (Å²) in [6, 6.07) is 8.35. The summed E-state index contributed by atoms with van der Waals surface area (Å²) in [7, 11) is 0. The number of nitrogens with zero attached hydrogens (tertiary/aromatic N) is 1. The Balaban J connectivity index is 1.45. The van der Waals surface area contributed by atoms with Crippen LogP contribution in [0, 0.1) is 5.92 Å². The Morgan fingerprint density at radius 2 is 2.08 bits per heavy atom. The van der Waals surface area contributed by atoms with Crippen molar-refractivity contribution in [3.05, 3.63) is 29.8 Å². The number of carbonyl (C=O) groups is 2. The van der Waals surface area contributed by atoms with E-state index in [0.717, 1.165) is 30.6 Å². The Kier molecular flexibility index (Phi) is 6.17. The quantitative estimate of drug-likeness (QED) is 0.815. The number of rotatable bonds is 7. The summed E-state index contributed by atoms with van der Waals surface area (Å²) in [6.45, 7) is 5.18. The number of benzene rings is 1. The number of amides is 2. The van der Waals surface area contributed by atoms with Crippen LogP contribution < -0.4 is 10.1 Å². The zero-order chi connectivity index (χ0) is 18.5. The molecule has 1 atom stereocenters. The molecule has 1 saturated heterocycles. The highest BCUT2D eigenvalue weighted by Gasteiger charge is 2.38.